The number of carbonyl (C=O) groups excluding carboxylic acids is 1. The molecular formula is C12H21IN2O. The summed E-state index contributed by atoms with van der Waals surface area (Å²) in [6.07, 6.45) is 1.67. The van der Waals surface area contributed by atoms with Crippen molar-refractivity contribution < 1.29 is 33.3 Å². The molecule has 1 atom stereocenters. The molecule has 3 nitrogen and oxygen atoms in total. The Labute approximate surface area is 116 Å². The van der Waals surface area contributed by atoms with Crippen LogP contribution in [-0.2, 0) is 4.79 Å². The van der Waals surface area contributed by atoms with E-state index in [1.807, 2.05) is 4.90 Å². The van der Waals surface area contributed by atoms with Gasteiger partial charge in [0.05, 0.1) is 27.7 Å². The Hall–Kier alpha value is -0.280. The van der Waals surface area contributed by atoms with Gasteiger partial charge in [0, 0.05) is 12.5 Å². The summed E-state index contributed by atoms with van der Waals surface area (Å²) in [4.78, 5) is 13.3. The van der Waals surface area contributed by atoms with Gasteiger partial charge in [-0.15, -0.1) is 0 Å². The van der Waals surface area contributed by atoms with Crippen molar-refractivity contribution in [3.05, 3.63) is 0 Å². The third kappa shape index (κ3) is 5.17. The Morgan fingerprint density at radius 3 is 2.44 bits per heavy atom. The largest absolute Gasteiger partial charge is 1.00 e. The molecule has 1 saturated heterocycles. The van der Waals surface area contributed by atoms with Crippen molar-refractivity contribution in [3.8, 4) is 11.8 Å². The average Bonchev–Trinajstić information content (AvgIpc) is 2.40. The summed E-state index contributed by atoms with van der Waals surface area (Å²) in [5, 5.41) is 0. The summed E-state index contributed by atoms with van der Waals surface area (Å²) in [5.74, 6) is 6.46. The lowest BCUT2D eigenvalue weighted by molar-refractivity contribution is -0.862. The van der Waals surface area contributed by atoms with Gasteiger partial charge in [0.15, 0.2) is 0 Å². The first kappa shape index (κ1) is 15.7. The Kier molecular flexibility index (Phi) is 6.34. The summed E-state index contributed by atoms with van der Waals surface area (Å²) < 4.78 is 0.844. The van der Waals surface area contributed by atoms with E-state index in [9.17, 15) is 4.79 Å². The molecule has 0 saturated carbocycles. The zero-order valence-electron chi connectivity index (χ0n) is 10.6. The zero-order valence-corrected chi connectivity index (χ0v) is 12.7. The lowest BCUT2D eigenvalue weighted by Crippen LogP contribution is -3.00. The Morgan fingerprint density at radius 2 is 2.00 bits per heavy atom. The van der Waals surface area contributed by atoms with Crippen LogP contribution in [0.2, 0.25) is 0 Å². The van der Waals surface area contributed by atoms with Crippen molar-refractivity contribution in [3.63, 3.8) is 0 Å². The van der Waals surface area contributed by atoms with Gasteiger partial charge in [-0.1, -0.05) is 5.92 Å². The van der Waals surface area contributed by atoms with Crippen LogP contribution in [0.1, 0.15) is 19.8 Å². The number of carbonyl (C=O) groups is 1. The van der Waals surface area contributed by atoms with Crippen molar-refractivity contribution in [1.82, 2.24) is 4.90 Å². The molecule has 0 aromatic heterocycles. The number of halogens is 1. The second-order valence-corrected chi connectivity index (χ2v) is 5.21. The van der Waals surface area contributed by atoms with Gasteiger partial charge in [-0.3, -0.25) is 4.79 Å². The van der Waals surface area contributed by atoms with E-state index in [1.165, 1.54) is 0 Å². The summed E-state index contributed by atoms with van der Waals surface area (Å²) in [6.45, 7) is 3.52. The summed E-state index contributed by atoms with van der Waals surface area (Å²) in [5.41, 5.74) is 0. The lowest BCUT2D eigenvalue weighted by atomic mass is 10.2. The number of rotatable bonds is 2. The van der Waals surface area contributed by atoms with E-state index in [-0.39, 0.29) is 29.9 Å². The van der Waals surface area contributed by atoms with Crippen LogP contribution in [0, 0.1) is 11.8 Å². The second-order valence-electron chi connectivity index (χ2n) is 5.21. The molecule has 0 unspecified atom stereocenters. The Bertz CT molecular complexity index is 298. The quantitative estimate of drug-likeness (QED) is 0.316. The topological polar surface area (TPSA) is 20.3 Å². The predicted octanol–water partition coefficient (Wildman–Crippen LogP) is -2.29. The highest BCUT2D eigenvalue weighted by molar-refractivity contribution is 5.78. The number of likely N-dealkylation sites (tertiary alicyclic amines) is 1. The minimum atomic E-state index is 0. The van der Waals surface area contributed by atoms with Gasteiger partial charge < -0.3 is 33.4 Å². The standard InChI is InChI=1S/C12H21N2O.HI/c1-11-7-8-12(15)13(11)9-5-6-10-14(2,3)4;/h11H,7-10H2,1-4H3;1H/q+1;/p-1/t11-;/m1./s1. The number of nitrogens with zero attached hydrogens (tertiary/aromatic N) is 2. The SMILES string of the molecule is C[C@@H]1CCC(=O)N1CC#CC[N+](C)(C)C.[I-]. The van der Waals surface area contributed by atoms with Gasteiger partial charge in [0.25, 0.3) is 0 Å². The van der Waals surface area contributed by atoms with E-state index in [4.69, 9.17) is 0 Å². The first-order valence-electron chi connectivity index (χ1n) is 5.46. The van der Waals surface area contributed by atoms with Gasteiger partial charge in [-0.05, 0) is 19.3 Å². The summed E-state index contributed by atoms with van der Waals surface area (Å²) >= 11 is 0. The second kappa shape index (κ2) is 6.45. The number of hydrogen-bond acceptors (Lipinski definition) is 1. The average molecular weight is 336 g/mol. The van der Waals surface area contributed by atoms with Crippen LogP contribution in [0.4, 0.5) is 0 Å². The molecule has 0 bridgehead atoms. The third-order valence-electron chi connectivity index (χ3n) is 2.56. The molecule has 0 aliphatic carbocycles. The molecule has 1 aliphatic heterocycles. The molecule has 0 aromatic carbocycles. The number of quaternary nitrogens is 1. The van der Waals surface area contributed by atoms with Crippen LogP contribution in [-0.4, -0.2) is 55.6 Å². The first-order chi connectivity index (χ1) is 6.90. The minimum absolute atomic E-state index is 0. The van der Waals surface area contributed by atoms with E-state index >= 15 is 0 Å². The Balaban J connectivity index is 0.00000225. The predicted molar refractivity (Wildman–Crippen MR) is 61.1 cm³/mol. The van der Waals surface area contributed by atoms with Gasteiger partial charge in [-0.25, -0.2) is 0 Å². The van der Waals surface area contributed by atoms with Crippen LogP contribution in [0.25, 0.3) is 0 Å². The highest BCUT2D eigenvalue weighted by Crippen LogP contribution is 2.16. The van der Waals surface area contributed by atoms with E-state index in [0.29, 0.717) is 19.0 Å². The molecule has 92 valence electrons. The molecule has 1 fully saturated rings. The molecule has 16 heavy (non-hydrogen) atoms. The first-order valence-corrected chi connectivity index (χ1v) is 5.46. The fourth-order valence-corrected chi connectivity index (χ4v) is 1.56. The van der Waals surface area contributed by atoms with Crippen molar-refractivity contribution in [2.24, 2.45) is 0 Å². The highest BCUT2D eigenvalue weighted by atomic mass is 127. The zero-order chi connectivity index (χ0) is 11.5. The fourth-order valence-electron chi connectivity index (χ4n) is 1.56. The molecule has 1 aliphatic rings. The molecule has 0 spiro atoms. The van der Waals surface area contributed by atoms with Gasteiger partial charge in [0.1, 0.15) is 6.54 Å². The maximum absolute atomic E-state index is 11.4. The van der Waals surface area contributed by atoms with Crippen molar-refractivity contribution in [1.29, 1.82) is 0 Å². The monoisotopic (exact) mass is 336 g/mol. The maximum Gasteiger partial charge on any atom is 0.223 e. The smallest absolute Gasteiger partial charge is 0.223 e. The summed E-state index contributed by atoms with van der Waals surface area (Å²) in [6, 6.07) is 0.371. The molecule has 0 N–H and O–H groups in total. The minimum Gasteiger partial charge on any atom is -1.00 e. The normalized spacial score (nSPS) is 20.1. The third-order valence-corrected chi connectivity index (χ3v) is 2.56. The van der Waals surface area contributed by atoms with Crippen LogP contribution in [0.3, 0.4) is 0 Å². The van der Waals surface area contributed by atoms with Crippen LogP contribution >= 0.6 is 0 Å². The molecule has 1 rings (SSSR count). The van der Waals surface area contributed by atoms with Gasteiger partial charge in [0.2, 0.25) is 5.91 Å². The van der Waals surface area contributed by atoms with Gasteiger partial charge >= 0.3 is 0 Å². The maximum atomic E-state index is 11.4. The molecule has 0 radical (unpaired) electrons. The van der Waals surface area contributed by atoms with E-state index < -0.39 is 0 Å². The molecular weight excluding hydrogens is 315 g/mol. The van der Waals surface area contributed by atoms with Crippen molar-refractivity contribution in [2.45, 2.75) is 25.8 Å². The van der Waals surface area contributed by atoms with Crippen molar-refractivity contribution >= 4 is 5.91 Å². The van der Waals surface area contributed by atoms with Crippen LogP contribution < -0.4 is 24.0 Å². The lowest BCUT2D eigenvalue weighted by Gasteiger charge is -2.20. The van der Waals surface area contributed by atoms with Crippen LogP contribution in [0.5, 0.6) is 0 Å². The van der Waals surface area contributed by atoms with Gasteiger partial charge in [-0.2, -0.15) is 0 Å². The molecule has 0 aromatic rings. The molecule has 1 amide bonds. The number of amides is 1. The molecule has 4 heteroatoms. The van der Waals surface area contributed by atoms with Crippen molar-refractivity contribution in [2.75, 3.05) is 34.2 Å². The Morgan fingerprint density at radius 1 is 1.38 bits per heavy atom. The summed E-state index contributed by atoms with van der Waals surface area (Å²) in [7, 11) is 6.33. The number of hydrogen-bond donors (Lipinski definition) is 0. The highest BCUT2D eigenvalue weighted by Gasteiger charge is 2.26. The molecule has 1 heterocycles. The van der Waals surface area contributed by atoms with E-state index in [0.717, 1.165) is 17.4 Å². The van der Waals surface area contributed by atoms with E-state index in [2.05, 4.69) is 39.9 Å². The van der Waals surface area contributed by atoms with Crippen LogP contribution in [0.15, 0.2) is 0 Å². The van der Waals surface area contributed by atoms with E-state index in [1.54, 1.807) is 0 Å². The fraction of sp³-hybridized carbons (Fsp3) is 0.750.